The highest BCUT2D eigenvalue weighted by molar-refractivity contribution is 5.98. The van der Waals surface area contributed by atoms with Gasteiger partial charge in [0.2, 0.25) is 0 Å². The minimum Gasteiger partial charge on any atom is -0.310 e. The molecule has 14 rings (SSSR count). The second-order valence-electron chi connectivity index (χ2n) is 18.1. The molecule has 2 heterocycles. The summed E-state index contributed by atoms with van der Waals surface area (Å²) in [6.07, 6.45) is 0. The van der Waals surface area contributed by atoms with Crippen molar-refractivity contribution < 1.29 is 0 Å². The van der Waals surface area contributed by atoms with Gasteiger partial charge in [0.15, 0.2) is 0 Å². The Hall–Kier alpha value is -9.22. The van der Waals surface area contributed by atoms with Crippen molar-refractivity contribution in [3.63, 3.8) is 0 Å². The van der Waals surface area contributed by atoms with Gasteiger partial charge in [-0.15, -0.1) is 0 Å². The molecule has 2 aliphatic carbocycles. The van der Waals surface area contributed by atoms with Gasteiger partial charge in [-0.3, -0.25) is 0 Å². The fourth-order valence-electron chi connectivity index (χ4n) is 12.7. The summed E-state index contributed by atoms with van der Waals surface area (Å²) in [6.45, 7) is 0. The van der Waals surface area contributed by atoms with Gasteiger partial charge in [0.1, 0.15) is 0 Å². The molecule has 0 saturated carbocycles. The van der Waals surface area contributed by atoms with E-state index in [4.69, 9.17) is 0 Å². The van der Waals surface area contributed by atoms with E-state index >= 15 is 0 Å². The maximum absolute atomic E-state index is 11.0. The van der Waals surface area contributed by atoms with Gasteiger partial charge in [0, 0.05) is 22.5 Å². The Morgan fingerprint density at radius 1 is 0.265 bits per heavy atom. The number of para-hydroxylation sites is 4. The third-order valence-corrected chi connectivity index (χ3v) is 15.2. The third-order valence-electron chi connectivity index (χ3n) is 15.2. The van der Waals surface area contributed by atoms with E-state index in [9.17, 15) is 10.5 Å². The zero-order valence-corrected chi connectivity index (χ0v) is 36.7. The average Bonchev–Trinajstić information content (AvgIpc) is 3.87. The fourth-order valence-corrected chi connectivity index (χ4v) is 12.7. The molecule has 68 heavy (non-hydrogen) atoms. The highest BCUT2D eigenvalue weighted by Crippen LogP contribution is 2.65. The SMILES string of the molecule is N#Cc1cc(N2c3ccccc3C3(c4ccccc4-c4ccccc43)c3ccccc32)ccc1-c1ccc(N2c3ccccc3C3(c4ccccc4-c4ccccc43)c3ccccc32)cc1C#N. The molecule has 2 aliphatic heterocycles. The maximum atomic E-state index is 11.0. The topological polar surface area (TPSA) is 54.1 Å². The van der Waals surface area contributed by atoms with E-state index in [1.54, 1.807) is 0 Å². The lowest BCUT2D eigenvalue weighted by Crippen LogP contribution is -2.36. The number of nitriles is 2. The fraction of sp³-hybridized carbons (Fsp3) is 0.0312. The van der Waals surface area contributed by atoms with Crippen LogP contribution < -0.4 is 9.80 Å². The molecule has 4 heteroatoms. The van der Waals surface area contributed by atoms with Gasteiger partial charge < -0.3 is 9.80 Å². The lowest BCUT2D eigenvalue weighted by atomic mass is 9.64. The van der Waals surface area contributed by atoms with Gasteiger partial charge in [0.05, 0.1) is 56.8 Å². The molecule has 0 fully saturated rings. The minimum absolute atomic E-state index is 0.493. The first-order valence-electron chi connectivity index (χ1n) is 23.1. The van der Waals surface area contributed by atoms with Crippen LogP contribution in [-0.4, -0.2) is 0 Å². The number of hydrogen-bond acceptors (Lipinski definition) is 4. The van der Waals surface area contributed by atoms with Crippen LogP contribution >= 0.6 is 0 Å². The second-order valence-corrected chi connectivity index (χ2v) is 18.1. The predicted molar refractivity (Wildman–Crippen MR) is 272 cm³/mol. The first-order valence-corrected chi connectivity index (χ1v) is 23.1. The predicted octanol–water partition coefficient (Wildman–Crippen LogP) is 15.4. The van der Waals surface area contributed by atoms with Crippen LogP contribution in [0.25, 0.3) is 33.4 Å². The van der Waals surface area contributed by atoms with E-state index in [1.165, 1.54) is 66.8 Å². The van der Waals surface area contributed by atoms with E-state index in [-0.39, 0.29) is 0 Å². The molecule has 0 saturated heterocycles. The van der Waals surface area contributed by atoms with Crippen molar-refractivity contribution in [2.75, 3.05) is 9.80 Å². The van der Waals surface area contributed by atoms with Gasteiger partial charge in [-0.1, -0.05) is 182 Å². The molecule has 0 amide bonds. The molecule has 314 valence electrons. The van der Waals surface area contributed by atoms with Crippen LogP contribution in [0.4, 0.5) is 34.1 Å². The number of benzene rings is 10. The summed E-state index contributed by atoms with van der Waals surface area (Å²) >= 11 is 0. The lowest BCUT2D eigenvalue weighted by molar-refractivity contribution is 0.752. The van der Waals surface area contributed by atoms with E-state index in [0.717, 1.165) is 34.1 Å². The molecule has 0 bridgehead atoms. The summed E-state index contributed by atoms with van der Waals surface area (Å²) in [4.78, 5) is 4.61. The normalized spacial score (nSPS) is 14.3. The first kappa shape index (κ1) is 38.1. The maximum Gasteiger partial charge on any atom is 0.0998 e. The molecule has 4 aliphatic rings. The molecule has 10 aromatic rings. The third kappa shape index (κ3) is 4.75. The summed E-state index contributed by atoms with van der Waals surface area (Å²) in [5, 5.41) is 22.0. The van der Waals surface area contributed by atoms with Crippen molar-refractivity contribution in [2.24, 2.45) is 0 Å². The number of rotatable bonds is 3. The molecule has 0 unspecified atom stereocenters. The zero-order chi connectivity index (χ0) is 45.1. The Kier molecular flexibility index (Phi) is 7.92. The standard InChI is InChI=1S/C64H38N4/c65-39-41-37-43(67-59-29-13-9-25-55(59)63(56-26-10-14-30-60(56)67)51-21-5-1-17-47(51)48-18-2-6-22-52(48)63)33-35-45(41)46-36-34-44(38-42(46)40-66)68-61-31-15-11-27-57(61)64(58-28-12-16-32-62(58)68)53-23-7-3-19-49(53)50-20-4-8-24-54(50)64/h1-38H. The molecular weight excluding hydrogens is 825 g/mol. The highest BCUT2D eigenvalue weighted by Gasteiger charge is 2.53. The largest absolute Gasteiger partial charge is 0.310 e. The van der Waals surface area contributed by atoms with Crippen LogP contribution in [0.5, 0.6) is 0 Å². The van der Waals surface area contributed by atoms with Gasteiger partial charge in [-0.2, -0.15) is 10.5 Å². The minimum atomic E-state index is -0.527. The van der Waals surface area contributed by atoms with Crippen molar-refractivity contribution in [3.8, 4) is 45.5 Å². The molecule has 4 nitrogen and oxygen atoms in total. The van der Waals surface area contributed by atoms with Gasteiger partial charge in [-0.05, 0) is 115 Å². The zero-order valence-electron chi connectivity index (χ0n) is 36.7. The quantitative estimate of drug-likeness (QED) is 0.178. The molecule has 2 spiro atoms. The van der Waals surface area contributed by atoms with Gasteiger partial charge >= 0.3 is 0 Å². The van der Waals surface area contributed by atoms with Crippen molar-refractivity contribution in [1.82, 2.24) is 0 Å². The molecule has 0 aromatic heterocycles. The number of anilines is 6. The summed E-state index contributed by atoms with van der Waals surface area (Å²) in [5.41, 5.74) is 22.2. The number of nitrogens with zero attached hydrogens (tertiary/aromatic N) is 4. The van der Waals surface area contributed by atoms with E-state index in [0.29, 0.717) is 22.3 Å². The van der Waals surface area contributed by atoms with Gasteiger partial charge in [-0.25, -0.2) is 0 Å². The average molecular weight is 863 g/mol. The monoisotopic (exact) mass is 862 g/mol. The molecule has 0 N–H and O–H groups in total. The van der Waals surface area contributed by atoms with Crippen LogP contribution in [0.3, 0.4) is 0 Å². The Morgan fingerprint density at radius 2 is 0.515 bits per heavy atom. The molecule has 0 radical (unpaired) electrons. The summed E-state index contributed by atoms with van der Waals surface area (Å²) in [5.74, 6) is 0. The summed E-state index contributed by atoms with van der Waals surface area (Å²) in [7, 11) is 0. The smallest absolute Gasteiger partial charge is 0.0998 e. The van der Waals surface area contributed by atoms with Crippen LogP contribution in [0.2, 0.25) is 0 Å². The first-order chi connectivity index (χ1) is 33.7. The van der Waals surface area contributed by atoms with Crippen molar-refractivity contribution in [3.05, 3.63) is 286 Å². The van der Waals surface area contributed by atoms with Crippen molar-refractivity contribution in [1.29, 1.82) is 10.5 Å². The Bertz CT molecular complexity index is 3440. The second kappa shape index (κ2) is 14.1. The molecule has 10 aromatic carbocycles. The Balaban J connectivity index is 0.901. The van der Waals surface area contributed by atoms with E-state index in [2.05, 4.69) is 228 Å². The summed E-state index contributed by atoms with van der Waals surface area (Å²) in [6, 6.07) is 87.4. The number of hydrogen-bond donors (Lipinski definition) is 0. The van der Waals surface area contributed by atoms with Crippen LogP contribution in [0.1, 0.15) is 55.6 Å². The van der Waals surface area contributed by atoms with Crippen molar-refractivity contribution >= 4 is 34.1 Å². The van der Waals surface area contributed by atoms with E-state index < -0.39 is 10.8 Å². The Labute approximate surface area is 395 Å². The van der Waals surface area contributed by atoms with Crippen LogP contribution in [0.15, 0.2) is 231 Å². The lowest BCUT2D eigenvalue weighted by Gasteiger charge is -2.45. The van der Waals surface area contributed by atoms with Crippen molar-refractivity contribution in [2.45, 2.75) is 10.8 Å². The Morgan fingerprint density at radius 3 is 0.794 bits per heavy atom. The van der Waals surface area contributed by atoms with Crippen LogP contribution in [0, 0.1) is 22.7 Å². The molecule has 0 atom stereocenters. The van der Waals surface area contributed by atoms with Gasteiger partial charge in [0.25, 0.3) is 0 Å². The van der Waals surface area contributed by atoms with E-state index in [1.807, 2.05) is 24.3 Å². The summed E-state index contributed by atoms with van der Waals surface area (Å²) < 4.78 is 0. The van der Waals surface area contributed by atoms with Crippen LogP contribution in [-0.2, 0) is 10.8 Å². The molecular formula is C64H38N4. The highest BCUT2D eigenvalue weighted by atomic mass is 15.2. The number of fused-ring (bicyclic) bond motifs is 18.